The van der Waals surface area contributed by atoms with Crippen molar-refractivity contribution in [2.75, 3.05) is 79.4 Å². The smallest absolute Gasteiger partial charge is 0.119 e. The third kappa shape index (κ3) is 20.2. The molecule has 0 aromatic heterocycles. The van der Waals surface area contributed by atoms with Crippen molar-refractivity contribution in [2.45, 2.75) is 58.3 Å². The van der Waals surface area contributed by atoms with Gasteiger partial charge >= 0.3 is 0 Å². The van der Waals surface area contributed by atoms with Gasteiger partial charge in [0.25, 0.3) is 0 Å². The number of unbranched alkanes of at least 4 members (excludes halogenated alkanes) is 6. The highest BCUT2D eigenvalue weighted by Crippen LogP contribution is 2.15. The maximum Gasteiger partial charge on any atom is 0.119 e. The molecule has 0 atom stereocenters. The Bertz CT molecular complexity index is 528. The zero-order valence-electron chi connectivity index (χ0n) is 21.3. The van der Waals surface area contributed by atoms with Crippen LogP contribution < -0.4 is 4.74 Å². The number of aryl methyl sites for hydroxylation is 1. The first-order valence-electron chi connectivity index (χ1n) is 13.0. The molecule has 0 bridgehead atoms. The van der Waals surface area contributed by atoms with E-state index in [2.05, 4.69) is 19.1 Å². The molecule has 0 amide bonds. The van der Waals surface area contributed by atoms with E-state index in [9.17, 15) is 4.39 Å². The number of hydrogen-bond donors (Lipinski definition) is 0. The molecule has 0 aliphatic rings. The normalized spacial score (nSPS) is 11.2. The van der Waals surface area contributed by atoms with Crippen LogP contribution in [0.15, 0.2) is 24.3 Å². The topological polar surface area (TPSA) is 55.4 Å². The van der Waals surface area contributed by atoms with E-state index >= 15 is 0 Å². The molecule has 6 nitrogen and oxygen atoms in total. The molecule has 198 valence electrons. The second kappa shape index (κ2) is 24.9. The van der Waals surface area contributed by atoms with E-state index in [0.717, 1.165) is 12.2 Å². The molecule has 1 aromatic rings. The van der Waals surface area contributed by atoms with Gasteiger partial charge in [0.1, 0.15) is 19.0 Å². The fraction of sp³-hybridized carbons (Fsp3) is 0.778. The number of benzene rings is 1. The van der Waals surface area contributed by atoms with Crippen LogP contribution in [0.2, 0.25) is 0 Å². The van der Waals surface area contributed by atoms with E-state index < -0.39 is 6.67 Å². The highest BCUT2D eigenvalue weighted by molar-refractivity contribution is 5.27. The van der Waals surface area contributed by atoms with Crippen LogP contribution in [-0.4, -0.2) is 79.4 Å². The van der Waals surface area contributed by atoms with Gasteiger partial charge in [-0.25, -0.2) is 4.39 Å². The molecule has 0 heterocycles. The highest BCUT2D eigenvalue weighted by Gasteiger charge is 1.98. The van der Waals surface area contributed by atoms with Gasteiger partial charge in [-0.05, 0) is 30.5 Å². The zero-order valence-corrected chi connectivity index (χ0v) is 21.3. The van der Waals surface area contributed by atoms with E-state index in [1.54, 1.807) is 0 Å². The lowest BCUT2D eigenvalue weighted by Gasteiger charge is -2.09. The predicted octanol–water partition coefficient (Wildman–Crippen LogP) is 5.41. The summed E-state index contributed by atoms with van der Waals surface area (Å²) in [6.07, 6.45) is 10.5. The molecule has 7 heteroatoms. The van der Waals surface area contributed by atoms with Gasteiger partial charge in [-0.2, -0.15) is 0 Å². The maximum absolute atomic E-state index is 11.8. The molecule has 0 aliphatic heterocycles. The summed E-state index contributed by atoms with van der Waals surface area (Å²) >= 11 is 0. The second-order valence-electron chi connectivity index (χ2n) is 8.11. The fourth-order valence-corrected chi connectivity index (χ4v) is 3.29. The Morgan fingerprint density at radius 3 is 1.47 bits per heavy atom. The van der Waals surface area contributed by atoms with Crippen molar-refractivity contribution in [2.24, 2.45) is 0 Å². The van der Waals surface area contributed by atoms with Gasteiger partial charge in [-0.15, -0.1) is 0 Å². The van der Waals surface area contributed by atoms with Crippen LogP contribution >= 0.6 is 0 Å². The molecular formula is C27H47FO6. The number of rotatable bonds is 26. The van der Waals surface area contributed by atoms with Gasteiger partial charge in [0.05, 0.1) is 66.1 Å². The fourth-order valence-electron chi connectivity index (χ4n) is 3.29. The summed E-state index contributed by atoms with van der Waals surface area (Å²) in [5.74, 6) is 0.886. The second-order valence-corrected chi connectivity index (χ2v) is 8.11. The van der Waals surface area contributed by atoms with Gasteiger partial charge in [-0.3, -0.25) is 0 Å². The minimum Gasteiger partial charge on any atom is -0.491 e. The monoisotopic (exact) mass is 486 g/mol. The van der Waals surface area contributed by atoms with E-state index in [1.165, 1.54) is 50.5 Å². The largest absolute Gasteiger partial charge is 0.491 e. The van der Waals surface area contributed by atoms with Crippen molar-refractivity contribution in [1.29, 1.82) is 0 Å². The van der Waals surface area contributed by atoms with Crippen LogP contribution in [0, 0.1) is 0 Å². The summed E-state index contributed by atoms with van der Waals surface area (Å²) in [4.78, 5) is 0. The van der Waals surface area contributed by atoms with Gasteiger partial charge in [0.15, 0.2) is 0 Å². The van der Waals surface area contributed by atoms with E-state index in [1.807, 2.05) is 12.1 Å². The molecule has 34 heavy (non-hydrogen) atoms. The average molecular weight is 487 g/mol. The number of alkyl halides is 1. The molecule has 0 radical (unpaired) electrons. The number of hydrogen-bond acceptors (Lipinski definition) is 6. The molecule has 0 N–H and O–H groups in total. The lowest BCUT2D eigenvalue weighted by Crippen LogP contribution is -2.14. The molecule has 1 rings (SSSR count). The van der Waals surface area contributed by atoms with Crippen LogP contribution in [0.25, 0.3) is 0 Å². The van der Waals surface area contributed by atoms with Crippen LogP contribution in [0.5, 0.6) is 5.75 Å². The van der Waals surface area contributed by atoms with Crippen molar-refractivity contribution in [1.82, 2.24) is 0 Å². The first-order chi connectivity index (χ1) is 16.9. The van der Waals surface area contributed by atoms with Crippen molar-refractivity contribution >= 4 is 0 Å². The van der Waals surface area contributed by atoms with Gasteiger partial charge in [0.2, 0.25) is 0 Å². The van der Waals surface area contributed by atoms with Crippen molar-refractivity contribution in [3.8, 4) is 5.75 Å². The van der Waals surface area contributed by atoms with Crippen LogP contribution in [0.1, 0.15) is 57.4 Å². The predicted molar refractivity (Wildman–Crippen MR) is 134 cm³/mol. The molecule has 0 fully saturated rings. The summed E-state index contributed by atoms with van der Waals surface area (Å²) < 4.78 is 44.2. The van der Waals surface area contributed by atoms with Crippen molar-refractivity contribution in [3.05, 3.63) is 29.8 Å². The standard InChI is InChI=1S/C27H47FO6/c1-2-3-4-5-6-7-8-9-26-10-12-27(13-11-26)34-25-24-33-23-22-32-21-20-31-19-18-30-17-16-29-15-14-28/h10-13H,2-9,14-25H2,1H3. The molecule has 0 spiro atoms. The molecule has 1 aromatic carbocycles. The van der Waals surface area contributed by atoms with Crippen molar-refractivity contribution in [3.63, 3.8) is 0 Å². The number of ether oxygens (including phenoxy) is 6. The first kappa shape index (κ1) is 30.8. The molecule has 0 aliphatic carbocycles. The van der Waals surface area contributed by atoms with Crippen molar-refractivity contribution < 1.29 is 32.8 Å². The summed E-state index contributed by atoms with van der Waals surface area (Å²) in [5, 5.41) is 0. The Morgan fingerprint density at radius 2 is 0.971 bits per heavy atom. The Morgan fingerprint density at radius 1 is 0.529 bits per heavy atom. The van der Waals surface area contributed by atoms with E-state index in [-0.39, 0.29) is 6.61 Å². The number of halogens is 1. The van der Waals surface area contributed by atoms with Crippen LogP contribution in [0.4, 0.5) is 4.39 Å². The highest BCUT2D eigenvalue weighted by atomic mass is 19.1. The summed E-state index contributed by atoms with van der Waals surface area (Å²) in [5.41, 5.74) is 1.38. The van der Waals surface area contributed by atoms with E-state index in [0.29, 0.717) is 66.1 Å². The van der Waals surface area contributed by atoms with E-state index in [4.69, 9.17) is 28.4 Å². The Labute approximate surface area is 206 Å². The summed E-state index contributed by atoms with van der Waals surface area (Å²) in [6, 6.07) is 8.42. The third-order valence-electron chi connectivity index (χ3n) is 5.20. The summed E-state index contributed by atoms with van der Waals surface area (Å²) in [6.45, 7) is 6.92. The quantitative estimate of drug-likeness (QED) is 0.163. The maximum atomic E-state index is 11.8. The van der Waals surface area contributed by atoms with Crippen LogP contribution in [0.3, 0.4) is 0 Å². The third-order valence-corrected chi connectivity index (χ3v) is 5.20. The Kier molecular flexibility index (Phi) is 22.5. The Balaban J connectivity index is 1.83. The molecule has 0 saturated carbocycles. The van der Waals surface area contributed by atoms with Gasteiger partial charge in [-0.1, -0.05) is 57.6 Å². The lowest BCUT2D eigenvalue weighted by atomic mass is 10.0. The SMILES string of the molecule is CCCCCCCCCc1ccc(OCCOCCOCCOCCOCCOCCF)cc1. The zero-order chi connectivity index (χ0) is 24.4. The Hall–Kier alpha value is -1.25. The molecule has 0 saturated heterocycles. The minimum absolute atomic E-state index is 0.126. The van der Waals surface area contributed by atoms with Gasteiger partial charge < -0.3 is 28.4 Å². The average Bonchev–Trinajstić information content (AvgIpc) is 2.86. The lowest BCUT2D eigenvalue weighted by molar-refractivity contribution is -0.0133. The first-order valence-corrected chi connectivity index (χ1v) is 13.0. The minimum atomic E-state index is -0.463. The summed E-state index contributed by atoms with van der Waals surface area (Å²) in [7, 11) is 0. The van der Waals surface area contributed by atoms with Gasteiger partial charge in [0, 0.05) is 0 Å². The van der Waals surface area contributed by atoms with Crippen LogP contribution in [-0.2, 0) is 30.1 Å². The molecule has 0 unspecified atom stereocenters. The molecular weight excluding hydrogens is 439 g/mol.